The van der Waals surface area contributed by atoms with E-state index in [0.29, 0.717) is 6.54 Å². The van der Waals surface area contributed by atoms with Gasteiger partial charge >= 0.3 is 5.97 Å². The van der Waals surface area contributed by atoms with Crippen LogP contribution in [0.25, 0.3) is 0 Å². The summed E-state index contributed by atoms with van der Waals surface area (Å²) in [6.07, 6.45) is 0. The Bertz CT molecular complexity index is 203. The Hall–Kier alpha value is -0.650. The lowest BCUT2D eigenvalue weighted by atomic mass is 10.2. The SMILES string of the molecule is COC(=O)C(C)CNN1CCN(C)CC1. The molecule has 0 bridgehead atoms. The number of hydrogen-bond acceptors (Lipinski definition) is 5. The minimum Gasteiger partial charge on any atom is -0.469 e. The van der Waals surface area contributed by atoms with E-state index >= 15 is 0 Å². The van der Waals surface area contributed by atoms with E-state index in [1.54, 1.807) is 0 Å². The van der Waals surface area contributed by atoms with Crippen molar-refractivity contribution in [2.45, 2.75) is 6.92 Å². The Morgan fingerprint density at radius 3 is 2.53 bits per heavy atom. The van der Waals surface area contributed by atoms with E-state index in [1.807, 2.05) is 6.92 Å². The lowest BCUT2D eigenvalue weighted by Crippen LogP contribution is -2.52. The number of nitrogens with one attached hydrogen (secondary N) is 1. The van der Waals surface area contributed by atoms with Crippen molar-refractivity contribution in [1.29, 1.82) is 0 Å². The highest BCUT2D eigenvalue weighted by Gasteiger charge is 2.17. The Morgan fingerprint density at radius 1 is 1.40 bits per heavy atom. The first-order chi connectivity index (χ1) is 7.13. The van der Waals surface area contributed by atoms with Crippen molar-refractivity contribution in [2.75, 3.05) is 46.9 Å². The molecule has 88 valence electrons. The van der Waals surface area contributed by atoms with Crippen LogP contribution in [-0.4, -0.2) is 62.8 Å². The normalized spacial score (nSPS) is 21.3. The van der Waals surface area contributed by atoms with Crippen molar-refractivity contribution in [3.63, 3.8) is 0 Å². The van der Waals surface area contributed by atoms with Crippen LogP contribution in [0.1, 0.15) is 6.92 Å². The predicted molar refractivity (Wildman–Crippen MR) is 58.3 cm³/mol. The summed E-state index contributed by atoms with van der Waals surface area (Å²) in [6, 6.07) is 0. The van der Waals surface area contributed by atoms with Gasteiger partial charge in [-0.1, -0.05) is 6.92 Å². The number of likely N-dealkylation sites (N-methyl/N-ethyl adjacent to an activating group) is 1. The molecule has 5 heteroatoms. The van der Waals surface area contributed by atoms with Gasteiger partial charge in [-0.05, 0) is 7.05 Å². The van der Waals surface area contributed by atoms with E-state index in [1.165, 1.54) is 7.11 Å². The topological polar surface area (TPSA) is 44.8 Å². The van der Waals surface area contributed by atoms with Crippen LogP contribution in [0, 0.1) is 5.92 Å². The van der Waals surface area contributed by atoms with Gasteiger partial charge in [0.15, 0.2) is 0 Å². The minimum atomic E-state index is -0.156. The molecule has 0 aliphatic carbocycles. The van der Waals surface area contributed by atoms with Crippen LogP contribution in [0.15, 0.2) is 0 Å². The van der Waals surface area contributed by atoms with Gasteiger partial charge in [-0.25, -0.2) is 5.01 Å². The molecular weight excluding hydrogens is 194 g/mol. The summed E-state index contributed by atoms with van der Waals surface area (Å²) in [6.45, 7) is 6.67. The third-order valence-corrected chi connectivity index (χ3v) is 2.73. The van der Waals surface area contributed by atoms with Crippen molar-refractivity contribution in [3.05, 3.63) is 0 Å². The Balaban J connectivity index is 2.17. The van der Waals surface area contributed by atoms with Gasteiger partial charge in [0.05, 0.1) is 13.0 Å². The predicted octanol–water partition coefficient (Wildman–Crippen LogP) is -0.452. The molecular formula is C10H21N3O2. The smallest absolute Gasteiger partial charge is 0.309 e. The number of nitrogens with zero attached hydrogens (tertiary/aromatic N) is 2. The van der Waals surface area contributed by atoms with Gasteiger partial charge < -0.3 is 9.64 Å². The zero-order valence-electron chi connectivity index (χ0n) is 9.82. The summed E-state index contributed by atoms with van der Waals surface area (Å²) in [4.78, 5) is 13.4. The van der Waals surface area contributed by atoms with Crippen molar-refractivity contribution in [3.8, 4) is 0 Å². The molecule has 1 aliphatic rings. The standard InChI is InChI=1S/C10H21N3O2/c1-9(10(14)15-3)8-11-13-6-4-12(2)5-7-13/h9,11H,4-8H2,1-3H3. The molecule has 1 atom stereocenters. The van der Waals surface area contributed by atoms with Crippen molar-refractivity contribution >= 4 is 5.97 Å². The van der Waals surface area contributed by atoms with Crippen molar-refractivity contribution in [2.24, 2.45) is 5.92 Å². The fraction of sp³-hybridized carbons (Fsp3) is 0.900. The van der Waals surface area contributed by atoms with Gasteiger partial charge in [0.2, 0.25) is 0 Å². The fourth-order valence-corrected chi connectivity index (χ4v) is 1.52. The number of carbonyl (C=O) groups excluding carboxylic acids is 1. The highest BCUT2D eigenvalue weighted by molar-refractivity contribution is 5.71. The molecule has 0 aromatic carbocycles. The second-order valence-corrected chi connectivity index (χ2v) is 4.08. The molecule has 1 aliphatic heterocycles. The Morgan fingerprint density at radius 2 is 2.00 bits per heavy atom. The number of esters is 1. The second kappa shape index (κ2) is 6.05. The number of hydrazine groups is 1. The van der Waals surface area contributed by atoms with E-state index in [9.17, 15) is 4.79 Å². The summed E-state index contributed by atoms with van der Waals surface area (Å²) < 4.78 is 4.66. The van der Waals surface area contributed by atoms with E-state index in [4.69, 9.17) is 0 Å². The van der Waals surface area contributed by atoms with Crippen molar-refractivity contribution < 1.29 is 9.53 Å². The number of ether oxygens (including phenoxy) is 1. The molecule has 15 heavy (non-hydrogen) atoms. The maximum atomic E-state index is 11.1. The van der Waals surface area contributed by atoms with Gasteiger partial charge in [0, 0.05) is 32.7 Å². The van der Waals surface area contributed by atoms with Crippen LogP contribution in [0.5, 0.6) is 0 Å². The third kappa shape index (κ3) is 4.15. The molecule has 1 rings (SSSR count). The Labute approximate surface area is 91.3 Å². The lowest BCUT2D eigenvalue weighted by molar-refractivity contribution is -0.145. The first-order valence-corrected chi connectivity index (χ1v) is 5.38. The molecule has 0 radical (unpaired) electrons. The lowest BCUT2D eigenvalue weighted by Gasteiger charge is -2.33. The largest absolute Gasteiger partial charge is 0.469 e. The van der Waals surface area contributed by atoms with Gasteiger partial charge in [-0.2, -0.15) is 0 Å². The van der Waals surface area contributed by atoms with Gasteiger partial charge in [-0.15, -0.1) is 0 Å². The van der Waals surface area contributed by atoms with Gasteiger partial charge in [-0.3, -0.25) is 10.2 Å². The van der Waals surface area contributed by atoms with Crippen LogP contribution in [0.3, 0.4) is 0 Å². The van der Waals surface area contributed by atoms with E-state index in [-0.39, 0.29) is 11.9 Å². The van der Waals surface area contributed by atoms with Crippen LogP contribution in [-0.2, 0) is 9.53 Å². The highest BCUT2D eigenvalue weighted by atomic mass is 16.5. The minimum absolute atomic E-state index is 0.0883. The molecule has 0 spiro atoms. The first-order valence-electron chi connectivity index (χ1n) is 5.38. The molecule has 5 nitrogen and oxygen atoms in total. The highest BCUT2D eigenvalue weighted by Crippen LogP contribution is 1.99. The fourth-order valence-electron chi connectivity index (χ4n) is 1.52. The van der Waals surface area contributed by atoms with Crippen LogP contribution in [0.4, 0.5) is 0 Å². The van der Waals surface area contributed by atoms with Crippen molar-refractivity contribution in [1.82, 2.24) is 15.3 Å². The molecule has 0 aromatic rings. The monoisotopic (exact) mass is 215 g/mol. The van der Waals surface area contributed by atoms with Crippen LogP contribution >= 0.6 is 0 Å². The number of rotatable bonds is 4. The number of hydrogen-bond donors (Lipinski definition) is 1. The summed E-state index contributed by atoms with van der Waals surface area (Å²) in [5.41, 5.74) is 3.26. The van der Waals surface area contributed by atoms with Gasteiger partial charge in [0.1, 0.15) is 0 Å². The second-order valence-electron chi connectivity index (χ2n) is 4.08. The molecule has 0 aromatic heterocycles. The van der Waals surface area contributed by atoms with Crippen LogP contribution in [0.2, 0.25) is 0 Å². The average Bonchev–Trinajstić information content (AvgIpc) is 2.26. The molecule has 1 fully saturated rings. The zero-order chi connectivity index (χ0) is 11.3. The molecule has 0 saturated carbocycles. The summed E-state index contributed by atoms with van der Waals surface area (Å²) in [7, 11) is 3.54. The van der Waals surface area contributed by atoms with Gasteiger partial charge in [0.25, 0.3) is 0 Å². The van der Waals surface area contributed by atoms with E-state index in [0.717, 1.165) is 26.2 Å². The number of methoxy groups -OCH3 is 1. The molecule has 1 N–H and O–H groups in total. The van der Waals surface area contributed by atoms with Crippen LogP contribution < -0.4 is 5.43 Å². The molecule has 1 heterocycles. The number of carbonyl (C=O) groups is 1. The summed E-state index contributed by atoms with van der Waals surface area (Å²) >= 11 is 0. The quantitative estimate of drug-likeness (QED) is 0.643. The van der Waals surface area contributed by atoms with E-state index in [2.05, 4.69) is 27.1 Å². The third-order valence-electron chi connectivity index (χ3n) is 2.73. The maximum absolute atomic E-state index is 11.1. The zero-order valence-corrected chi connectivity index (χ0v) is 9.82. The number of piperazine rings is 1. The average molecular weight is 215 g/mol. The first kappa shape index (κ1) is 12.4. The molecule has 1 saturated heterocycles. The molecule has 0 amide bonds. The maximum Gasteiger partial charge on any atom is 0.309 e. The Kier molecular flexibility index (Phi) is 5.01. The summed E-state index contributed by atoms with van der Waals surface area (Å²) in [5, 5.41) is 2.17. The van der Waals surface area contributed by atoms with E-state index < -0.39 is 0 Å². The summed E-state index contributed by atoms with van der Waals surface area (Å²) in [5.74, 6) is -0.244. The molecule has 1 unspecified atom stereocenters.